The molecule has 0 saturated carbocycles. The SMILES string of the molecule is COCCN(CCO)C(=O)c1cncnc1. The normalized spacial score (nSPS) is 10.1. The predicted octanol–water partition coefficient (Wildman–Crippen LogP) is -0.443. The molecule has 1 rings (SSSR count). The molecule has 0 unspecified atom stereocenters. The number of aromatic nitrogens is 2. The molecule has 6 heteroatoms. The lowest BCUT2D eigenvalue weighted by molar-refractivity contribution is 0.0655. The predicted molar refractivity (Wildman–Crippen MR) is 56.9 cm³/mol. The number of aliphatic hydroxyl groups excluding tert-OH is 1. The second-order valence-corrected chi connectivity index (χ2v) is 3.14. The van der Waals surface area contributed by atoms with Crippen LogP contribution in [0.15, 0.2) is 18.7 Å². The second kappa shape index (κ2) is 6.86. The molecule has 1 heterocycles. The van der Waals surface area contributed by atoms with Crippen LogP contribution in [0.3, 0.4) is 0 Å². The highest BCUT2D eigenvalue weighted by Gasteiger charge is 2.15. The zero-order chi connectivity index (χ0) is 11.8. The van der Waals surface area contributed by atoms with E-state index in [1.165, 1.54) is 23.6 Å². The average Bonchev–Trinajstić information content (AvgIpc) is 2.35. The molecule has 0 radical (unpaired) electrons. The lowest BCUT2D eigenvalue weighted by Gasteiger charge is -2.20. The van der Waals surface area contributed by atoms with E-state index in [1.54, 1.807) is 7.11 Å². The molecule has 0 aliphatic carbocycles. The molecule has 1 aromatic heterocycles. The first-order valence-electron chi connectivity index (χ1n) is 4.93. The van der Waals surface area contributed by atoms with E-state index in [4.69, 9.17) is 9.84 Å². The molecule has 16 heavy (non-hydrogen) atoms. The van der Waals surface area contributed by atoms with Gasteiger partial charge in [0.25, 0.3) is 5.91 Å². The summed E-state index contributed by atoms with van der Waals surface area (Å²) in [6.45, 7) is 1.06. The molecule has 0 bridgehead atoms. The minimum atomic E-state index is -0.202. The maximum absolute atomic E-state index is 11.9. The largest absolute Gasteiger partial charge is 0.395 e. The molecular formula is C10H15N3O3. The molecule has 0 aliphatic heterocycles. The molecule has 0 atom stereocenters. The molecule has 0 aromatic carbocycles. The van der Waals surface area contributed by atoms with Crippen LogP contribution >= 0.6 is 0 Å². The molecule has 6 nitrogen and oxygen atoms in total. The number of carbonyl (C=O) groups excluding carboxylic acids is 1. The lowest BCUT2D eigenvalue weighted by atomic mass is 10.3. The monoisotopic (exact) mass is 225 g/mol. The van der Waals surface area contributed by atoms with Gasteiger partial charge in [-0.05, 0) is 0 Å². The third-order valence-electron chi connectivity index (χ3n) is 2.03. The Hall–Kier alpha value is -1.53. The van der Waals surface area contributed by atoms with Crippen molar-refractivity contribution in [1.82, 2.24) is 14.9 Å². The van der Waals surface area contributed by atoms with Crippen molar-refractivity contribution in [3.05, 3.63) is 24.3 Å². The number of methoxy groups -OCH3 is 1. The number of amides is 1. The number of aliphatic hydroxyl groups is 1. The zero-order valence-corrected chi connectivity index (χ0v) is 9.17. The Balaban J connectivity index is 2.67. The number of hydrogen-bond acceptors (Lipinski definition) is 5. The fraction of sp³-hybridized carbons (Fsp3) is 0.500. The Kier molecular flexibility index (Phi) is 5.38. The molecular weight excluding hydrogens is 210 g/mol. The third kappa shape index (κ3) is 3.56. The standard InChI is InChI=1S/C10H15N3O3/c1-16-5-3-13(2-4-14)10(15)9-6-11-8-12-7-9/h6-8,14H,2-5H2,1H3. The minimum absolute atomic E-state index is 0.0802. The van der Waals surface area contributed by atoms with Crippen LogP contribution in [0.25, 0.3) is 0 Å². The van der Waals surface area contributed by atoms with E-state index >= 15 is 0 Å². The van der Waals surface area contributed by atoms with Gasteiger partial charge in [-0.15, -0.1) is 0 Å². The second-order valence-electron chi connectivity index (χ2n) is 3.14. The van der Waals surface area contributed by atoms with Crippen molar-refractivity contribution < 1.29 is 14.6 Å². The van der Waals surface area contributed by atoms with Gasteiger partial charge in [-0.1, -0.05) is 0 Å². The van der Waals surface area contributed by atoms with E-state index in [-0.39, 0.29) is 19.1 Å². The van der Waals surface area contributed by atoms with E-state index in [1.807, 2.05) is 0 Å². The van der Waals surface area contributed by atoms with Gasteiger partial charge < -0.3 is 14.7 Å². The van der Waals surface area contributed by atoms with E-state index < -0.39 is 0 Å². The summed E-state index contributed by atoms with van der Waals surface area (Å²) in [4.78, 5) is 21.0. The Labute approximate surface area is 93.9 Å². The number of hydrogen-bond donors (Lipinski definition) is 1. The quantitative estimate of drug-likeness (QED) is 0.710. The van der Waals surface area contributed by atoms with Gasteiger partial charge in [-0.25, -0.2) is 9.97 Å². The van der Waals surface area contributed by atoms with E-state index in [2.05, 4.69) is 9.97 Å². The van der Waals surface area contributed by atoms with Gasteiger partial charge in [0, 0.05) is 32.6 Å². The van der Waals surface area contributed by atoms with Gasteiger partial charge in [-0.3, -0.25) is 4.79 Å². The number of rotatable bonds is 6. The van der Waals surface area contributed by atoms with E-state index in [9.17, 15) is 4.79 Å². The molecule has 0 aliphatic rings. The minimum Gasteiger partial charge on any atom is -0.395 e. The van der Waals surface area contributed by atoms with Crippen LogP contribution < -0.4 is 0 Å². The van der Waals surface area contributed by atoms with Crippen molar-refractivity contribution in [2.75, 3.05) is 33.4 Å². The van der Waals surface area contributed by atoms with Crippen molar-refractivity contribution in [1.29, 1.82) is 0 Å². The van der Waals surface area contributed by atoms with Crippen LogP contribution in [-0.4, -0.2) is 59.3 Å². The first-order chi connectivity index (χ1) is 7.79. The van der Waals surface area contributed by atoms with Crippen LogP contribution in [0, 0.1) is 0 Å². The number of nitrogens with zero attached hydrogens (tertiary/aromatic N) is 3. The summed E-state index contributed by atoms with van der Waals surface area (Å²) < 4.78 is 4.90. The first kappa shape index (κ1) is 12.5. The Morgan fingerprint density at radius 3 is 2.69 bits per heavy atom. The third-order valence-corrected chi connectivity index (χ3v) is 2.03. The highest BCUT2D eigenvalue weighted by molar-refractivity contribution is 5.93. The summed E-state index contributed by atoms with van der Waals surface area (Å²) in [6, 6.07) is 0. The van der Waals surface area contributed by atoms with Crippen LogP contribution in [0.5, 0.6) is 0 Å². The van der Waals surface area contributed by atoms with Crippen molar-refractivity contribution in [2.45, 2.75) is 0 Å². The summed E-state index contributed by atoms with van der Waals surface area (Å²) in [6.07, 6.45) is 4.27. The van der Waals surface area contributed by atoms with Crippen LogP contribution in [-0.2, 0) is 4.74 Å². The highest BCUT2D eigenvalue weighted by atomic mass is 16.5. The van der Waals surface area contributed by atoms with Crippen LogP contribution in [0.4, 0.5) is 0 Å². The Morgan fingerprint density at radius 2 is 2.12 bits per heavy atom. The van der Waals surface area contributed by atoms with Gasteiger partial charge in [0.15, 0.2) is 0 Å². The summed E-state index contributed by atoms with van der Waals surface area (Å²) in [5.41, 5.74) is 0.409. The fourth-order valence-electron chi connectivity index (χ4n) is 1.23. The average molecular weight is 225 g/mol. The number of carbonyl (C=O) groups is 1. The molecule has 0 spiro atoms. The van der Waals surface area contributed by atoms with Crippen LogP contribution in [0.1, 0.15) is 10.4 Å². The van der Waals surface area contributed by atoms with Gasteiger partial charge in [0.05, 0.1) is 18.8 Å². The summed E-state index contributed by atoms with van der Waals surface area (Å²) in [5, 5.41) is 8.87. The van der Waals surface area contributed by atoms with E-state index in [0.717, 1.165) is 0 Å². The lowest BCUT2D eigenvalue weighted by Crippen LogP contribution is -2.36. The highest BCUT2D eigenvalue weighted by Crippen LogP contribution is 2.01. The zero-order valence-electron chi connectivity index (χ0n) is 9.17. The van der Waals surface area contributed by atoms with Gasteiger partial charge in [-0.2, -0.15) is 0 Å². The molecule has 0 fully saturated rings. The van der Waals surface area contributed by atoms with Crippen molar-refractivity contribution in [2.24, 2.45) is 0 Å². The van der Waals surface area contributed by atoms with Crippen LogP contribution in [0.2, 0.25) is 0 Å². The molecule has 1 N–H and O–H groups in total. The Bertz CT molecular complexity index is 318. The summed E-state index contributed by atoms with van der Waals surface area (Å²) >= 11 is 0. The maximum atomic E-state index is 11.9. The molecule has 88 valence electrons. The molecule has 1 aromatic rings. The summed E-state index contributed by atoms with van der Waals surface area (Å²) in [7, 11) is 1.56. The summed E-state index contributed by atoms with van der Waals surface area (Å²) in [5.74, 6) is -0.202. The molecule has 0 saturated heterocycles. The maximum Gasteiger partial charge on any atom is 0.257 e. The molecule has 1 amide bonds. The topological polar surface area (TPSA) is 75.6 Å². The van der Waals surface area contributed by atoms with E-state index in [0.29, 0.717) is 18.7 Å². The van der Waals surface area contributed by atoms with Gasteiger partial charge in [0.2, 0.25) is 0 Å². The fourth-order valence-corrected chi connectivity index (χ4v) is 1.23. The number of ether oxygens (including phenoxy) is 1. The van der Waals surface area contributed by atoms with Gasteiger partial charge >= 0.3 is 0 Å². The van der Waals surface area contributed by atoms with Crippen molar-refractivity contribution in [3.8, 4) is 0 Å². The smallest absolute Gasteiger partial charge is 0.257 e. The Morgan fingerprint density at radius 1 is 1.44 bits per heavy atom. The first-order valence-corrected chi connectivity index (χ1v) is 4.93. The van der Waals surface area contributed by atoms with Crippen molar-refractivity contribution in [3.63, 3.8) is 0 Å². The van der Waals surface area contributed by atoms with Crippen molar-refractivity contribution >= 4 is 5.91 Å². The van der Waals surface area contributed by atoms with Gasteiger partial charge in [0.1, 0.15) is 6.33 Å².